The fraction of sp³-hybridized carbons (Fsp3) is 0.250. The Labute approximate surface area is 153 Å². The minimum atomic E-state index is -3.47. The number of para-hydroxylation sites is 1. The van der Waals surface area contributed by atoms with E-state index >= 15 is 0 Å². The monoisotopic (exact) mass is 367 g/mol. The Balaban J connectivity index is 1.59. The number of hydrogen-bond donors (Lipinski definition) is 1. The van der Waals surface area contributed by atoms with Crippen molar-refractivity contribution in [2.45, 2.75) is 17.7 Å². The Morgan fingerprint density at radius 3 is 2.58 bits per heavy atom. The summed E-state index contributed by atoms with van der Waals surface area (Å²) in [5.41, 5.74) is 8.81. The molecule has 5 nitrogen and oxygen atoms in total. The zero-order valence-corrected chi connectivity index (χ0v) is 15.1. The van der Waals surface area contributed by atoms with Gasteiger partial charge in [0.1, 0.15) is 0 Å². The standard InChI is InChI=1S/C20H21N3O2S/c21-19-13-23(12-18(19)15-6-2-1-3-7-15)26(24,25)14-17-9-4-8-16-10-5-11-22-20(16)17/h1-11,18-19H,12-14,21H2/t18-,19+/m0/s1. The molecule has 0 bridgehead atoms. The van der Waals surface area contributed by atoms with Crippen LogP contribution in [0, 0.1) is 0 Å². The average Bonchev–Trinajstić information content (AvgIpc) is 3.05. The van der Waals surface area contributed by atoms with Gasteiger partial charge in [-0.25, -0.2) is 8.42 Å². The van der Waals surface area contributed by atoms with Crippen LogP contribution in [0.2, 0.25) is 0 Å². The summed E-state index contributed by atoms with van der Waals surface area (Å²) < 4.78 is 27.5. The smallest absolute Gasteiger partial charge is 0.218 e. The molecule has 26 heavy (non-hydrogen) atoms. The molecule has 2 aromatic carbocycles. The summed E-state index contributed by atoms with van der Waals surface area (Å²) >= 11 is 0. The quantitative estimate of drug-likeness (QED) is 0.769. The summed E-state index contributed by atoms with van der Waals surface area (Å²) in [4.78, 5) is 4.36. The van der Waals surface area contributed by atoms with Gasteiger partial charge in [0.2, 0.25) is 10.0 Å². The molecule has 2 N–H and O–H groups in total. The lowest BCUT2D eigenvalue weighted by Crippen LogP contribution is -2.33. The van der Waals surface area contributed by atoms with E-state index in [-0.39, 0.29) is 17.7 Å². The number of nitrogens with zero attached hydrogens (tertiary/aromatic N) is 2. The van der Waals surface area contributed by atoms with E-state index in [1.54, 1.807) is 6.20 Å². The van der Waals surface area contributed by atoms with E-state index in [9.17, 15) is 8.42 Å². The molecular weight excluding hydrogens is 346 g/mol. The fourth-order valence-corrected chi connectivity index (χ4v) is 5.24. The minimum absolute atomic E-state index is 0.0246. The van der Waals surface area contributed by atoms with Crippen molar-refractivity contribution in [3.8, 4) is 0 Å². The van der Waals surface area contributed by atoms with Gasteiger partial charge in [0.15, 0.2) is 0 Å². The summed E-state index contributed by atoms with van der Waals surface area (Å²) in [5.74, 6) is -0.0353. The largest absolute Gasteiger partial charge is 0.326 e. The maximum absolute atomic E-state index is 13.0. The molecule has 2 heterocycles. The van der Waals surface area contributed by atoms with Crippen molar-refractivity contribution in [1.82, 2.24) is 9.29 Å². The van der Waals surface area contributed by atoms with E-state index in [4.69, 9.17) is 5.73 Å². The van der Waals surface area contributed by atoms with E-state index < -0.39 is 10.0 Å². The molecule has 3 aromatic rings. The molecule has 0 aliphatic carbocycles. The molecule has 1 aromatic heterocycles. The first-order valence-electron chi connectivity index (χ1n) is 8.65. The predicted molar refractivity (Wildman–Crippen MR) is 103 cm³/mol. The molecule has 0 amide bonds. The van der Waals surface area contributed by atoms with E-state index in [0.717, 1.165) is 22.0 Å². The van der Waals surface area contributed by atoms with Gasteiger partial charge >= 0.3 is 0 Å². The molecular formula is C20H21N3O2S. The molecule has 134 valence electrons. The second-order valence-electron chi connectivity index (χ2n) is 6.75. The Kier molecular flexibility index (Phi) is 4.48. The number of nitrogens with two attached hydrogens (primary N) is 1. The highest BCUT2D eigenvalue weighted by Gasteiger charge is 2.37. The van der Waals surface area contributed by atoms with E-state index in [2.05, 4.69) is 4.98 Å². The molecule has 2 atom stereocenters. The number of pyridine rings is 1. The van der Waals surface area contributed by atoms with Gasteiger partial charge in [0, 0.05) is 36.6 Å². The second kappa shape index (κ2) is 6.79. The van der Waals surface area contributed by atoms with Crippen LogP contribution >= 0.6 is 0 Å². The van der Waals surface area contributed by atoms with Crippen LogP contribution in [0.4, 0.5) is 0 Å². The molecule has 0 unspecified atom stereocenters. The Morgan fingerprint density at radius 2 is 1.77 bits per heavy atom. The summed E-state index contributed by atoms with van der Waals surface area (Å²) in [6, 6.07) is 19.1. The lowest BCUT2D eigenvalue weighted by molar-refractivity contribution is 0.469. The number of hydrogen-bond acceptors (Lipinski definition) is 4. The van der Waals surface area contributed by atoms with E-state index in [0.29, 0.717) is 13.1 Å². The van der Waals surface area contributed by atoms with Gasteiger partial charge in [-0.1, -0.05) is 54.6 Å². The van der Waals surface area contributed by atoms with Crippen molar-refractivity contribution in [3.05, 3.63) is 78.0 Å². The normalized spacial score (nSPS) is 21.3. The van der Waals surface area contributed by atoms with Gasteiger partial charge in [-0.05, 0) is 17.2 Å². The first kappa shape index (κ1) is 17.1. The van der Waals surface area contributed by atoms with Crippen LogP contribution in [-0.2, 0) is 15.8 Å². The third-order valence-electron chi connectivity index (χ3n) is 5.01. The van der Waals surface area contributed by atoms with Gasteiger partial charge in [-0.2, -0.15) is 4.31 Å². The maximum atomic E-state index is 13.0. The molecule has 1 saturated heterocycles. The summed E-state index contributed by atoms with van der Waals surface area (Å²) in [6.45, 7) is 0.770. The van der Waals surface area contributed by atoms with Crippen LogP contribution in [0.3, 0.4) is 0 Å². The fourth-order valence-electron chi connectivity index (χ4n) is 3.64. The molecule has 0 saturated carbocycles. The van der Waals surface area contributed by atoms with E-state index in [1.165, 1.54) is 4.31 Å². The third-order valence-corrected chi connectivity index (χ3v) is 6.77. The molecule has 0 radical (unpaired) electrons. The van der Waals surface area contributed by atoms with Crippen LogP contribution < -0.4 is 5.73 Å². The van der Waals surface area contributed by atoms with Crippen molar-refractivity contribution in [2.75, 3.05) is 13.1 Å². The number of fused-ring (bicyclic) bond motifs is 1. The Morgan fingerprint density at radius 1 is 1.00 bits per heavy atom. The Bertz CT molecular complexity index is 1020. The van der Waals surface area contributed by atoms with Crippen LogP contribution in [0.5, 0.6) is 0 Å². The Hall–Kier alpha value is -2.28. The topological polar surface area (TPSA) is 76.3 Å². The van der Waals surface area contributed by atoms with Gasteiger partial charge in [-0.15, -0.1) is 0 Å². The zero-order valence-electron chi connectivity index (χ0n) is 14.3. The van der Waals surface area contributed by atoms with Crippen LogP contribution in [0.15, 0.2) is 66.9 Å². The summed E-state index contributed by atoms with van der Waals surface area (Å²) in [5, 5.41) is 0.945. The number of sulfonamides is 1. The first-order valence-corrected chi connectivity index (χ1v) is 10.3. The highest BCUT2D eigenvalue weighted by atomic mass is 32.2. The lowest BCUT2D eigenvalue weighted by atomic mass is 9.95. The number of benzene rings is 2. The predicted octanol–water partition coefficient (Wildman–Crippen LogP) is 2.49. The van der Waals surface area contributed by atoms with Crippen molar-refractivity contribution in [3.63, 3.8) is 0 Å². The molecule has 1 fully saturated rings. The van der Waals surface area contributed by atoms with Gasteiger partial charge < -0.3 is 5.73 Å². The third kappa shape index (κ3) is 3.23. The average molecular weight is 367 g/mol. The van der Waals surface area contributed by atoms with Crippen LogP contribution in [-0.4, -0.2) is 36.8 Å². The minimum Gasteiger partial charge on any atom is -0.326 e. The van der Waals surface area contributed by atoms with Crippen molar-refractivity contribution >= 4 is 20.9 Å². The molecule has 4 rings (SSSR count). The molecule has 6 heteroatoms. The lowest BCUT2D eigenvalue weighted by Gasteiger charge is -2.17. The summed E-state index contributed by atoms with van der Waals surface area (Å²) in [6.07, 6.45) is 1.69. The van der Waals surface area contributed by atoms with E-state index in [1.807, 2.05) is 60.7 Å². The van der Waals surface area contributed by atoms with Gasteiger partial charge in [0.25, 0.3) is 0 Å². The number of rotatable bonds is 4. The highest BCUT2D eigenvalue weighted by molar-refractivity contribution is 7.88. The van der Waals surface area contributed by atoms with Crippen molar-refractivity contribution in [2.24, 2.45) is 5.73 Å². The highest BCUT2D eigenvalue weighted by Crippen LogP contribution is 2.29. The van der Waals surface area contributed by atoms with Crippen molar-refractivity contribution < 1.29 is 8.42 Å². The molecule has 1 aliphatic heterocycles. The van der Waals surface area contributed by atoms with Crippen molar-refractivity contribution in [1.29, 1.82) is 0 Å². The maximum Gasteiger partial charge on any atom is 0.218 e. The first-order chi connectivity index (χ1) is 12.5. The SMILES string of the molecule is N[C@@H]1CN(S(=O)(=O)Cc2cccc3cccnc23)C[C@H]1c1ccccc1. The van der Waals surface area contributed by atoms with Gasteiger partial charge in [-0.3, -0.25) is 4.98 Å². The summed E-state index contributed by atoms with van der Waals surface area (Å²) in [7, 11) is -3.47. The zero-order chi connectivity index (χ0) is 18.1. The number of aromatic nitrogens is 1. The molecule has 1 aliphatic rings. The van der Waals surface area contributed by atoms with Gasteiger partial charge in [0.05, 0.1) is 11.3 Å². The molecule has 0 spiro atoms. The van der Waals surface area contributed by atoms with Crippen LogP contribution in [0.25, 0.3) is 10.9 Å². The van der Waals surface area contributed by atoms with Crippen LogP contribution in [0.1, 0.15) is 17.0 Å². The second-order valence-corrected chi connectivity index (χ2v) is 8.72.